The van der Waals surface area contributed by atoms with Crippen molar-refractivity contribution in [2.75, 3.05) is 11.9 Å². The van der Waals surface area contributed by atoms with Crippen LogP contribution in [-0.4, -0.2) is 23.3 Å². The molecule has 2 aromatic carbocycles. The second kappa shape index (κ2) is 9.58. The Balaban J connectivity index is 1.98. The molecule has 2 aromatic rings. The fraction of sp³-hybridized carbons (Fsp3) is 0.364. The predicted molar refractivity (Wildman–Crippen MR) is 106 cm³/mol. The highest BCUT2D eigenvalue weighted by Gasteiger charge is 2.30. The molecule has 29 heavy (non-hydrogen) atoms. The molecule has 0 bridgehead atoms. The van der Waals surface area contributed by atoms with Crippen LogP contribution in [0.2, 0.25) is 0 Å². The Bertz CT molecular complexity index is 848. The molecular formula is C22H25F3N2O2. The molecular weight excluding hydrogens is 381 g/mol. The van der Waals surface area contributed by atoms with Crippen LogP contribution in [0.5, 0.6) is 0 Å². The molecule has 0 aliphatic carbocycles. The van der Waals surface area contributed by atoms with Crippen LogP contribution in [0.25, 0.3) is 0 Å². The van der Waals surface area contributed by atoms with Gasteiger partial charge >= 0.3 is 6.18 Å². The molecule has 1 atom stereocenters. The van der Waals surface area contributed by atoms with Crippen molar-refractivity contribution in [1.29, 1.82) is 0 Å². The summed E-state index contributed by atoms with van der Waals surface area (Å²) in [5.74, 6) is -0.477. The molecule has 0 radical (unpaired) electrons. The monoisotopic (exact) mass is 406 g/mol. The van der Waals surface area contributed by atoms with Gasteiger partial charge in [-0.25, -0.2) is 0 Å². The van der Waals surface area contributed by atoms with Gasteiger partial charge in [-0.2, -0.15) is 13.2 Å². The molecule has 0 fully saturated rings. The molecule has 0 heterocycles. The number of nitrogens with one attached hydrogen (secondary N) is 1. The molecule has 2 rings (SSSR count). The van der Waals surface area contributed by atoms with E-state index in [-0.39, 0.29) is 24.2 Å². The van der Waals surface area contributed by atoms with Gasteiger partial charge in [0.15, 0.2) is 0 Å². The van der Waals surface area contributed by atoms with E-state index in [1.54, 1.807) is 24.0 Å². The lowest BCUT2D eigenvalue weighted by Crippen LogP contribution is -2.27. The van der Waals surface area contributed by atoms with E-state index in [0.717, 1.165) is 17.7 Å². The van der Waals surface area contributed by atoms with Crippen LogP contribution in [0.1, 0.15) is 49.8 Å². The lowest BCUT2D eigenvalue weighted by Gasteiger charge is -2.19. The van der Waals surface area contributed by atoms with E-state index in [1.807, 2.05) is 19.1 Å². The minimum atomic E-state index is -4.38. The fourth-order valence-corrected chi connectivity index (χ4v) is 3.02. The second-order valence-electron chi connectivity index (χ2n) is 7.01. The first-order valence-electron chi connectivity index (χ1n) is 9.41. The highest BCUT2D eigenvalue weighted by atomic mass is 19.4. The van der Waals surface area contributed by atoms with E-state index in [4.69, 9.17) is 0 Å². The van der Waals surface area contributed by atoms with Crippen LogP contribution >= 0.6 is 0 Å². The van der Waals surface area contributed by atoms with E-state index in [0.29, 0.717) is 24.3 Å². The average Bonchev–Trinajstić information content (AvgIpc) is 2.65. The second-order valence-corrected chi connectivity index (χ2v) is 7.01. The molecule has 2 amide bonds. The van der Waals surface area contributed by atoms with Gasteiger partial charge < -0.3 is 10.2 Å². The molecule has 0 aromatic heterocycles. The minimum Gasteiger partial charge on any atom is -0.339 e. The smallest absolute Gasteiger partial charge is 0.339 e. The van der Waals surface area contributed by atoms with Gasteiger partial charge in [0.25, 0.3) is 0 Å². The molecule has 0 saturated heterocycles. The van der Waals surface area contributed by atoms with Crippen LogP contribution in [0.3, 0.4) is 0 Å². The summed E-state index contributed by atoms with van der Waals surface area (Å²) >= 11 is 0. The van der Waals surface area contributed by atoms with Crippen molar-refractivity contribution >= 4 is 17.5 Å². The molecule has 156 valence electrons. The Morgan fingerprint density at radius 1 is 1.10 bits per heavy atom. The number of carbonyl (C=O) groups excluding carboxylic acids is 2. The van der Waals surface area contributed by atoms with Crippen molar-refractivity contribution < 1.29 is 22.8 Å². The van der Waals surface area contributed by atoms with E-state index in [2.05, 4.69) is 5.32 Å². The summed E-state index contributed by atoms with van der Waals surface area (Å²) in [7, 11) is 0. The molecule has 7 heteroatoms. The molecule has 0 saturated carbocycles. The third-order valence-corrected chi connectivity index (χ3v) is 4.71. The summed E-state index contributed by atoms with van der Waals surface area (Å²) in [6.45, 7) is 6.26. The lowest BCUT2D eigenvalue weighted by molar-refractivity contribution is -0.137. The maximum absolute atomic E-state index is 12.7. The largest absolute Gasteiger partial charge is 0.416 e. The van der Waals surface area contributed by atoms with Gasteiger partial charge in [-0.15, -0.1) is 0 Å². The SMILES string of the molecule is CCN(Cc1cccc(NC(=O)CC(C)c2ccc(C(F)(F)F)cc2)c1)C(C)=O. The Kier molecular flexibility index (Phi) is 7.42. The van der Waals surface area contributed by atoms with Crippen molar-refractivity contribution in [1.82, 2.24) is 4.90 Å². The molecule has 1 N–H and O–H groups in total. The third kappa shape index (κ3) is 6.62. The fourth-order valence-electron chi connectivity index (χ4n) is 3.02. The highest BCUT2D eigenvalue weighted by Crippen LogP contribution is 2.30. The highest BCUT2D eigenvalue weighted by molar-refractivity contribution is 5.91. The quantitative estimate of drug-likeness (QED) is 0.687. The zero-order valence-electron chi connectivity index (χ0n) is 16.7. The van der Waals surface area contributed by atoms with Gasteiger partial charge in [0.1, 0.15) is 0 Å². The maximum Gasteiger partial charge on any atom is 0.416 e. The minimum absolute atomic E-state index is 0.0210. The molecule has 4 nitrogen and oxygen atoms in total. The van der Waals surface area contributed by atoms with Crippen molar-refractivity contribution in [2.45, 2.75) is 45.8 Å². The van der Waals surface area contributed by atoms with Gasteiger partial charge in [0.05, 0.1) is 5.56 Å². The van der Waals surface area contributed by atoms with Gasteiger partial charge in [0, 0.05) is 32.1 Å². The summed E-state index contributed by atoms with van der Waals surface area (Å²) in [4.78, 5) is 25.6. The van der Waals surface area contributed by atoms with Crippen molar-refractivity contribution in [3.63, 3.8) is 0 Å². The number of halogens is 3. The number of nitrogens with zero attached hydrogens (tertiary/aromatic N) is 1. The van der Waals surface area contributed by atoms with Crippen molar-refractivity contribution in [3.05, 3.63) is 65.2 Å². The number of benzene rings is 2. The molecule has 1 unspecified atom stereocenters. The summed E-state index contributed by atoms with van der Waals surface area (Å²) < 4.78 is 38.0. The van der Waals surface area contributed by atoms with E-state index < -0.39 is 11.7 Å². The van der Waals surface area contributed by atoms with E-state index in [1.165, 1.54) is 19.1 Å². The Labute approximate surface area is 168 Å². The Morgan fingerprint density at radius 3 is 2.31 bits per heavy atom. The Morgan fingerprint density at radius 2 is 1.76 bits per heavy atom. The topological polar surface area (TPSA) is 49.4 Å². The Hall–Kier alpha value is -2.83. The zero-order valence-corrected chi connectivity index (χ0v) is 16.7. The molecule has 0 aliphatic heterocycles. The van der Waals surface area contributed by atoms with Crippen LogP contribution in [0.4, 0.5) is 18.9 Å². The maximum atomic E-state index is 12.7. The van der Waals surface area contributed by atoms with Crippen molar-refractivity contribution in [2.24, 2.45) is 0 Å². The normalized spacial score (nSPS) is 12.3. The first-order chi connectivity index (χ1) is 13.6. The van der Waals surface area contributed by atoms with Gasteiger partial charge in [-0.1, -0.05) is 31.2 Å². The number of anilines is 1. The van der Waals surface area contributed by atoms with Crippen LogP contribution in [-0.2, 0) is 22.3 Å². The molecule has 0 spiro atoms. The number of hydrogen-bond donors (Lipinski definition) is 1. The predicted octanol–water partition coefficient (Wildman–Crippen LogP) is 5.21. The number of hydrogen-bond acceptors (Lipinski definition) is 2. The van der Waals surface area contributed by atoms with Crippen molar-refractivity contribution in [3.8, 4) is 0 Å². The standard InChI is InChI=1S/C22H25F3N2O2/c1-4-27(16(3)28)14-17-6-5-7-20(13-17)26-21(29)12-15(2)18-8-10-19(11-9-18)22(23,24)25/h5-11,13,15H,4,12,14H2,1-3H3,(H,26,29). The first kappa shape index (κ1) is 22.5. The summed E-state index contributed by atoms with van der Waals surface area (Å²) in [5.41, 5.74) is 1.48. The molecule has 0 aliphatic rings. The summed E-state index contributed by atoms with van der Waals surface area (Å²) in [5, 5.41) is 2.82. The van der Waals surface area contributed by atoms with E-state index in [9.17, 15) is 22.8 Å². The van der Waals surface area contributed by atoms with Crippen LogP contribution < -0.4 is 5.32 Å². The third-order valence-electron chi connectivity index (χ3n) is 4.71. The number of rotatable bonds is 7. The number of alkyl halides is 3. The van der Waals surface area contributed by atoms with Crippen LogP contribution in [0, 0.1) is 0 Å². The van der Waals surface area contributed by atoms with Gasteiger partial charge in [0.2, 0.25) is 11.8 Å². The van der Waals surface area contributed by atoms with Crippen LogP contribution in [0.15, 0.2) is 48.5 Å². The summed E-state index contributed by atoms with van der Waals surface area (Å²) in [6, 6.07) is 12.1. The van der Waals surface area contributed by atoms with E-state index >= 15 is 0 Å². The number of amides is 2. The number of carbonyl (C=O) groups is 2. The lowest BCUT2D eigenvalue weighted by atomic mass is 9.96. The van der Waals surface area contributed by atoms with Gasteiger partial charge in [-0.05, 0) is 48.2 Å². The zero-order chi connectivity index (χ0) is 21.6. The van der Waals surface area contributed by atoms with Gasteiger partial charge in [-0.3, -0.25) is 9.59 Å². The summed E-state index contributed by atoms with van der Waals surface area (Å²) in [6.07, 6.45) is -4.23. The average molecular weight is 406 g/mol. The first-order valence-corrected chi connectivity index (χ1v) is 9.41.